The second-order valence-electron chi connectivity index (χ2n) is 5.00. The third-order valence-electron chi connectivity index (χ3n) is 3.47. The molecule has 0 spiro atoms. The molecule has 0 radical (unpaired) electrons. The number of nitrogens with zero attached hydrogens (tertiary/aromatic N) is 1. The molecular weight excluding hydrogens is 292 g/mol. The van der Waals surface area contributed by atoms with Gasteiger partial charge in [0.15, 0.2) is 0 Å². The van der Waals surface area contributed by atoms with Gasteiger partial charge in [0, 0.05) is 5.56 Å². The molecule has 0 aliphatic heterocycles. The molecule has 1 N–H and O–H groups in total. The van der Waals surface area contributed by atoms with Crippen LogP contribution in [0.1, 0.15) is 21.7 Å². The molecule has 2 aromatic carbocycles. The summed E-state index contributed by atoms with van der Waals surface area (Å²) in [6, 6.07) is 16.4. The number of carbonyl (C=O) groups is 1. The monoisotopic (exact) mass is 306 g/mol. The number of benzene rings is 2. The highest BCUT2D eigenvalue weighted by Gasteiger charge is 2.16. The molecule has 5 heteroatoms. The van der Waals surface area contributed by atoms with Crippen molar-refractivity contribution < 1.29 is 9.21 Å². The number of fused-ring (bicyclic) bond motifs is 1. The first kappa shape index (κ1) is 14.7. The van der Waals surface area contributed by atoms with E-state index in [1.807, 2.05) is 36.4 Å². The quantitative estimate of drug-likeness (QED) is 0.597. The molecule has 0 unspecified atom stereocenters. The summed E-state index contributed by atoms with van der Waals surface area (Å²) in [5.74, 6) is -0.587. The van der Waals surface area contributed by atoms with Gasteiger partial charge in [0.1, 0.15) is 0 Å². The van der Waals surface area contributed by atoms with Gasteiger partial charge in [-0.2, -0.15) is 5.10 Å². The first-order valence-electron chi connectivity index (χ1n) is 7.08. The van der Waals surface area contributed by atoms with Crippen LogP contribution in [-0.4, -0.2) is 12.1 Å². The summed E-state index contributed by atoms with van der Waals surface area (Å²) < 4.78 is 5.14. The molecule has 23 heavy (non-hydrogen) atoms. The van der Waals surface area contributed by atoms with Crippen molar-refractivity contribution in [1.82, 2.24) is 5.43 Å². The van der Waals surface area contributed by atoms with Gasteiger partial charge in [-0.05, 0) is 23.9 Å². The molecule has 0 aliphatic rings. The lowest BCUT2D eigenvalue weighted by Gasteiger charge is -2.05. The van der Waals surface area contributed by atoms with E-state index in [1.165, 1.54) is 6.21 Å². The van der Waals surface area contributed by atoms with Gasteiger partial charge in [-0.3, -0.25) is 4.79 Å². The highest BCUT2D eigenvalue weighted by Crippen LogP contribution is 2.18. The van der Waals surface area contributed by atoms with E-state index in [1.54, 1.807) is 25.1 Å². The van der Waals surface area contributed by atoms with Crippen LogP contribution >= 0.6 is 0 Å². The van der Waals surface area contributed by atoms with Crippen molar-refractivity contribution in [2.75, 3.05) is 0 Å². The number of hydrogen-bond acceptors (Lipinski definition) is 4. The molecule has 1 heterocycles. The van der Waals surface area contributed by atoms with Crippen molar-refractivity contribution in [3.63, 3.8) is 0 Å². The van der Waals surface area contributed by atoms with Gasteiger partial charge < -0.3 is 4.42 Å². The molecule has 5 nitrogen and oxygen atoms in total. The van der Waals surface area contributed by atoms with Gasteiger partial charge in [0.25, 0.3) is 0 Å². The summed E-state index contributed by atoms with van der Waals surface area (Å²) in [6.07, 6.45) is 1.52. The minimum atomic E-state index is -0.558. The number of aryl methyl sites for hydroxylation is 1. The molecule has 0 saturated carbocycles. The average Bonchev–Trinajstić information content (AvgIpc) is 2.59. The van der Waals surface area contributed by atoms with Gasteiger partial charge >= 0.3 is 11.5 Å². The maximum atomic E-state index is 12.2. The van der Waals surface area contributed by atoms with E-state index in [-0.39, 0.29) is 5.76 Å². The summed E-state index contributed by atoms with van der Waals surface area (Å²) >= 11 is 0. The van der Waals surface area contributed by atoms with Crippen molar-refractivity contribution in [3.05, 3.63) is 81.9 Å². The number of hydrazone groups is 1. The Morgan fingerprint density at radius 3 is 2.43 bits per heavy atom. The molecule has 3 aromatic rings. The Labute approximate surface area is 132 Å². The number of hydrogen-bond donors (Lipinski definition) is 1. The Balaban J connectivity index is 1.88. The minimum Gasteiger partial charge on any atom is -0.417 e. The van der Waals surface area contributed by atoms with Crippen LogP contribution in [0.15, 0.2) is 68.9 Å². The average molecular weight is 306 g/mol. The van der Waals surface area contributed by atoms with Crippen LogP contribution in [0, 0.1) is 6.92 Å². The Morgan fingerprint density at radius 1 is 1.04 bits per heavy atom. The molecular formula is C18H14N2O3. The molecule has 0 atom stereocenters. The zero-order chi connectivity index (χ0) is 16.2. The number of amides is 1. The van der Waals surface area contributed by atoms with Crippen LogP contribution in [0.3, 0.4) is 0 Å². The fourth-order valence-corrected chi connectivity index (χ4v) is 2.31. The molecule has 3 rings (SSSR count). The van der Waals surface area contributed by atoms with Crippen molar-refractivity contribution in [2.45, 2.75) is 6.92 Å². The second kappa shape index (κ2) is 6.27. The van der Waals surface area contributed by atoms with E-state index in [0.29, 0.717) is 16.3 Å². The Morgan fingerprint density at radius 2 is 1.70 bits per heavy atom. The predicted molar refractivity (Wildman–Crippen MR) is 88.7 cm³/mol. The lowest BCUT2D eigenvalue weighted by atomic mass is 10.1. The van der Waals surface area contributed by atoms with E-state index in [2.05, 4.69) is 10.5 Å². The molecule has 0 fully saturated rings. The Hall–Kier alpha value is -3.21. The molecule has 0 bridgehead atoms. The van der Waals surface area contributed by atoms with Crippen LogP contribution < -0.4 is 11.1 Å². The van der Waals surface area contributed by atoms with E-state index >= 15 is 0 Å². The van der Waals surface area contributed by atoms with Crippen molar-refractivity contribution in [2.24, 2.45) is 5.10 Å². The topological polar surface area (TPSA) is 71.7 Å². The van der Waals surface area contributed by atoms with E-state index in [0.717, 1.165) is 5.56 Å². The Kier molecular flexibility index (Phi) is 4.01. The van der Waals surface area contributed by atoms with Crippen molar-refractivity contribution in [1.29, 1.82) is 0 Å². The van der Waals surface area contributed by atoms with Gasteiger partial charge in [-0.15, -0.1) is 0 Å². The maximum Gasteiger partial charge on any atom is 0.344 e. The molecule has 1 amide bonds. The van der Waals surface area contributed by atoms with Crippen LogP contribution in [0.25, 0.3) is 10.8 Å². The predicted octanol–water partition coefficient (Wildman–Crippen LogP) is 2.87. The van der Waals surface area contributed by atoms with Gasteiger partial charge in [0.05, 0.1) is 11.6 Å². The van der Waals surface area contributed by atoms with Crippen molar-refractivity contribution in [3.8, 4) is 0 Å². The lowest BCUT2D eigenvalue weighted by molar-refractivity contribution is 0.0922. The van der Waals surface area contributed by atoms with Crippen molar-refractivity contribution >= 4 is 22.9 Å². The van der Waals surface area contributed by atoms with Gasteiger partial charge in [-0.1, -0.05) is 48.5 Å². The summed E-state index contributed by atoms with van der Waals surface area (Å²) in [5.41, 5.74) is 3.30. The van der Waals surface area contributed by atoms with Crippen LogP contribution in [0.5, 0.6) is 0 Å². The highest BCUT2D eigenvalue weighted by atomic mass is 16.4. The number of carbonyl (C=O) groups excluding carboxylic acids is 1. The van der Waals surface area contributed by atoms with Crippen LogP contribution in [0.2, 0.25) is 0 Å². The zero-order valence-corrected chi connectivity index (χ0v) is 12.4. The zero-order valence-electron chi connectivity index (χ0n) is 12.4. The molecule has 0 saturated heterocycles. The third kappa shape index (κ3) is 3.03. The lowest BCUT2D eigenvalue weighted by Crippen LogP contribution is -2.21. The van der Waals surface area contributed by atoms with E-state index in [9.17, 15) is 9.59 Å². The summed E-state index contributed by atoms with van der Waals surface area (Å²) in [7, 11) is 0. The normalized spacial score (nSPS) is 11.0. The summed E-state index contributed by atoms with van der Waals surface area (Å²) in [5, 5.41) is 5.03. The van der Waals surface area contributed by atoms with E-state index in [4.69, 9.17) is 4.42 Å². The summed E-state index contributed by atoms with van der Waals surface area (Å²) in [4.78, 5) is 24.2. The maximum absolute atomic E-state index is 12.2. The molecule has 0 aliphatic carbocycles. The van der Waals surface area contributed by atoms with Gasteiger partial charge in [0.2, 0.25) is 5.76 Å². The first-order valence-corrected chi connectivity index (χ1v) is 7.08. The largest absolute Gasteiger partial charge is 0.417 e. The van der Waals surface area contributed by atoms with Crippen LogP contribution in [-0.2, 0) is 0 Å². The number of nitrogens with one attached hydrogen (secondary N) is 1. The van der Waals surface area contributed by atoms with E-state index < -0.39 is 11.5 Å². The SMILES string of the molecule is Cc1c(C(=O)NN=Cc2ccccc2)oc(=O)c2ccccc12. The fourth-order valence-electron chi connectivity index (χ4n) is 2.31. The first-order chi connectivity index (χ1) is 11.2. The second-order valence-corrected chi connectivity index (χ2v) is 5.00. The highest BCUT2D eigenvalue weighted by molar-refractivity contribution is 5.98. The Bertz CT molecular complexity index is 943. The number of rotatable bonds is 3. The third-order valence-corrected chi connectivity index (χ3v) is 3.47. The fraction of sp³-hybridized carbons (Fsp3) is 0.0556. The van der Waals surface area contributed by atoms with Gasteiger partial charge in [-0.25, -0.2) is 10.2 Å². The minimum absolute atomic E-state index is 0.0288. The standard InChI is InChI=1S/C18H14N2O3/c1-12-14-9-5-6-10-15(14)18(22)23-16(12)17(21)20-19-11-13-7-3-2-4-8-13/h2-11H,1H3,(H,20,21). The van der Waals surface area contributed by atoms with Crippen LogP contribution in [0.4, 0.5) is 0 Å². The molecule has 114 valence electrons. The summed E-state index contributed by atoms with van der Waals surface area (Å²) in [6.45, 7) is 1.74. The molecule has 1 aromatic heterocycles. The smallest absolute Gasteiger partial charge is 0.344 e.